The average molecular weight is 373 g/mol. The first kappa shape index (κ1) is 19.8. The van der Waals surface area contributed by atoms with Crippen LogP contribution in [0.2, 0.25) is 0 Å². The van der Waals surface area contributed by atoms with Gasteiger partial charge in [0.25, 0.3) is 0 Å². The summed E-state index contributed by atoms with van der Waals surface area (Å²) < 4.78 is 5.49. The van der Waals surface area contributed by atoms with Gasteiger partial charge >= 0.3 is 0 Å². The van der Waals surface area contributed by atoms with Crippen LogP contribution >= 0.6 is 0 Å². The number of amides is 2. The quantitative estimate of drug-likeness (QED) is 0.817. The van der Waals surface area contributed by atoms with E-state index in [1.54, 1.807) is 6.92 Å². The molecule has 1 N–H and O–H groups in total. The predicted molar refractivity (Wildman–Crippen MR) is 104 cm³/mol. The normalized spacial score (nSPS) is 20.3. The smallest absolute Gasteiger partial charge is 0.223 e. The van der Waals surface area contributed by atoms with Gasteiger partial charge in [0.1, 0.15) is 0 Å². The molecule has 0 radical (unpaired) electrons. The molecule has 0 bridgehead atoms. The molecule has 1 unspecified atom stereocenters. The summed E-state index contributed by atoms with van der Waals surface area (Å²) in [5.41, 5.74) is 1.29. The number of rotatable bonds is 6. The minimum Gasteiger partial charge on any atom is -0.379 e. The number of hydrogen-bond acceptors (Lipinski definition) is 4. The van der Waals surface area contributed by atoms with Crippen LogP contribution in [0.3, 0.4) is 0 Å². The lowest BCUT2D eigenvalue weighted by Crippen LogP contribution is -2.51. The largest absolute Gasteiger partial charge is 0.379 e. The topological polar surface area (TPSA) is 61.9 Å². The Morgan fingerprint density at radius 2 is 1.78 bits per heavy atom. The number of likely N-dealkylation sites (tertiary alicyclic amines) is 1. The second-order valence-electron chi connectivity index (χ2n) is 7.52. The lowest BCUT2D eigenvalue weighted by molar-refractivity contribution is -0.134. The van der Waals surface area contributed by atoms with Gasteiger partial charge in [0.2, 0.25) is 11.8 Å². The molecule has 2 saturated heterocycles. The molecule has 1 aromatic carbocycles. The molecule has 2 heterocycles. The van der Waals surface area contributed by atoms with Crippen molar-refractivity contribution < 1.29 is 14.3 Å². The van der Waals surface area contributed by atoms with Crippen LogP contribution in [-0.4, -0.2) is 73.6 Å². The second kappa shape index (κ2) is 9.85. The first-order valence-electron chi connectivity index (χ1n) is 10.0. The highest BCUT2D eigenvalue weighted by Crippen LogP contribution is 2.18. The molecule has 0 saturated carbocycles. The fourth-order valence-corrected chi connectivity index (χ4v) is 3.98. The van der Waals surface area contributed by atoms with Crippen molar-refractivity contribution in [2.24, 2.45) is 5.92 Å². The van der Waals surface area contributed by atoms with Gasteiger partial charge in [0, 0.05) is 51.6 Å². The summed E-state index contributed by atoms with van der Waals surface area (Å²) in [6, 6.07) is 10.7. The van der Waals surface area contributed by atoms with Crippen molar-refractivity contribution in [3.05, 3.63) is 35.9 Å². The number of ether oxygens (including phenoxy) is 1. The van der Waals surface area contributed by atoms with E-state index in [0.29, 0.717) is 19.6 Å². The van der Waals surface area contributed by atoms with Crippen LogP contribution in [0.1, 0.15) is 25.3 Å². The number of morpholine rings is 1. The van der Waals surface area contributed by atoms with Crippen LogP contribution in [0.25, 0.3) is 0 Å². The molecule has 148 valence electrons. The van der Waals surface area contributed by atoms with Crippen LogP contribution in [-0.2, 0) is 20.7 Å². The lowest BCUT2D eigenvalue weighted by Gasteiger charge is -2.35. The van der Waals surface area contributed by atoms with E-state index in [1.165, 1.54) is 5.56 Å². The zero-order valence-electron chi connectivity index (χ0n) is 16.2. The molecule has 0 aromatic heterocycles. The molecule has 1 atom stereocenters. The molecule has 2 fully saturated rings. The van der Waals surface area contributed by atoms with Crippen molar-refractivity contribution in [2.75, 3.05) is 45.9 Å². The van der Waals surface area contributed by atoms with Gasteiger partial charge in [-0.3, -0.25) is 14.5 Å². The molecule has 2 aliphatic rings. The van der Waals surface area contributed by atoms with Crippen LogP contribution in [0.5, 0.6) is 0 Å². The SMILES string of the molecule is CC(=O)N1CCC(C(=O)NCC(Cc2ccccc2)N2CCOCC2)CC1. The summed E-state index contributed by atoms with van der Waals surface area (Å²) in [7, 11) is 0. The van der Waals surface area contributed by atoms with Gasteiger partial charge in [-0.05, 0) is 24.8 Å². The van der Waals surface area contributed by atoms with E-state index >= 15 is 0 Å². The summed E-state index contributed by atoms with van der Waals surface area (Å²) in [5, 5.41) is 3.19. The van der Waals surface area contributed by atoms with E-state index in [4.69, 9.17) is 4.74 Å². The number of nitrogens with zero attached hydrogens (tertiary/aromatic N) is 2. The third-order valence-corrected chi connectivity index (χ3v) is 5.70. The van der Waals surface area contributed by atoms with Crippen molar-refractivity contribution in [1.29, 1.82) is 0 Å². The number of carbonyl (C=O) groups is 2. The van der Waals surface area contributed by atoms with E-state index in [-0.39, 0.29) is 23.8 Å². The first-order valence-corrected chi connectivity index (χ1v) is 10.0. The van der Waals surface area contributed by atoms with Crippen molar-refractivity contribution >= 4 is 11.8 Å². The summed E-state index contributed by atoms with van der Waals surface area (Å²) in [6.07, 6.45) is 2.43. The number of benzene rings is 1. The first-order chi connectivity index (χ1) is 13.1. The average Bonchev–Trinajstić information content (AvgIpc) is 2.72. The Balaban J connectivity index is 1.54. The minimum atomic E-state index is 0.0164. The Morgan fingerprint density at radius 1 is 1.11 bits per heavy atom. The van der Waals surface area contributed by atoms with Gasteiger partial charge < -0.3 is 15.0 Å². The fraction of sp³-hybridized carbons (Fsp3) is 0.619. The van der Waals surface area contributed by atoms with E-state index in [0.717, 1.165) is 45.6 Å². The molecular weight excluding hydrogens is 342 g/mol. The van der Waals surface area contributed by atoms with Gasteiger partial charge in [0.05, 0.1) is 13.2 Å². The molecule has 6 nitrogen and oxygen atoms in total. The molecule has 2 amide bonds. The van der Waals surface area contributed by atoms with E-state index in [1.807, 2.05) is 11.0 Å². The minimum absolute atomic E-state index is 0.0164. The predicted octanol–water partition coefficient (Wildman–Crippen LogP) is 1.30. The van der Waals surface area contributed by atoms with E-state index in [2.05, 4.69) is 34.5 Å². The molecule has 27 heavy (non-hydrogen) atoms. The van der Waals surface area contributed by atoms with Gasteiger partial charge in [-0.2, -0.15) is 0 Å². The van der Waals surface area contributed by atoms with Gasteiger partial charge in [-0.25, -0.2) is 0 Å². The van der Waals surface area contributed by atoms with Crippen LogP contribution < -0.4 is 5.32 Å². The lowest BCUT2D eigenvalue weighted by atomic mass is 9.95. The number of hydrogen-bond donors (Lipinski definition) is 1. The summed E-state index contributed by atoms with van der Waals surface area (Å²) >= 11 is 0. The van der Waals surface area contributed by atoms with E-state index in [9.17, 15) is 9.59 Å². The third kappa shape index (κ3) is 5.78. The Morgan fingerprint density at radius 3 is 2.41 bits per heavy atom. The molecular formula is C21H31N3O3. The maximum atomic E-state index is 12.7. The molecule has 3 rings (SSSR count). The summed E-state index contributed by atoms with van der Waals surface area (Å²) in [4.78, 5) is 28.4. The van der Waals surface area contributed by atoms with Crippen molar-refractivity contribution in [3.8, 4) is 0 Å². The molecule has 2 aliphatic heterocycles. The highest BCUT2D eigenvalue weighted by Gasteiger charge is 2.27. The Bertz CT molecular complexity index is 608. The molecule has 1 aromatic rings. The Labute approximate surface area is 161 Å². The van der Waals surface area contributed by atoms with Crippen LogP contribution in [0.4, 0.5) is 0 Å². The number of nitrogens with one attached hydrogen (secondary N) is 1. The van der Waals surface area contributed by atoms with E-state index < -0.39 is 0 Å². The highest BCUT2D eigenvalue weighted by atomic mass is 16.5. The highest BCUT2D eigenvalue weighted by molar-refractivity contribution is 5.79. The number of piperidine rings is 1. The van der Waals surface area contributed by atoms with Crippen molar-refractivity contribution in [1.82, 2.24) is 15.1 Å². The Hall–Kier alpha value is -1.92. The van der Waals surface area contributed by atoms with Gasteiger partial charge in [-0.1, -0.05) is 30.3 Å². The summed E-state index contributed by atoms with van der Waals surface area (Å²) in [5.74, 6) is 0.247. The molecule has 6 heteroatoms. The molecule has 0 spiro atoms. The van der Waals surface area contributed by atoms with Crippen LogP contribution in [0, 0.1) is 5.92 Å². The number of carbonyl (C=O) groups excluding carboxylic acids is 2. The zero-order valence-corrected chi connectivity index (χ0v) is 16.2. The van der Waals surface area contributed by atoms with Crippen molar-refractivity contribution in [3.63, 3.8) is 0 Å². The summed E-state index contributed by atoms with van der Waals surface area (Å²) in [6.45, 7) is 6.94. The van der Waals surface area contributed by atoms with Crippen molar-refractivity contribution in [2.45, 2.75) is 32.2 Å². The fourth-order valence-electron chi connectivity index (χ4n) is 3.98. The maximum absolute atomic E-state index is 12.7. The standard InChI is InChI=1S/C21H31N3O3/c1-17(25)23-9-7-19(8-10-23)21(26)22-16-20(24-11-13-27-14-12-24)15-18-5-3-2-4-6-18/h2-6,19-20H,7-16H2,1H3,(H,22,26). The zero-order chi connectivity index (χ0) is 19.1. The monoisotopic (exact) mass is 373 g/mol. The third-order valence-electron chi connectivity index (χ3n) is 5.70. The Kier molecular flexibility index (Phi) is 7.24. The van der Waals surface area contributed by atoms with Crippen LogP contribution in [0.15, 0.2) is 30.3 Å². The van der Waals surface area contributed by atoms with Gasteiger partial charge in [-0.15, -0.1) is 0 Å². The maximum Gasteiger partial charge on any atom is 0.223 e. The second-order valence-corrected chi connectivity index (χ2v) is 7.52. The van der Waals surface area contributed by atoms with Gasteiger partial charge in [0.15, 0.2) is 0 Å². The molecule has 0 aliphatic carbocycles.